The molecule has 0 saturated carbocycles. The molecule has 11 heavy (non-hydrogen) atoms. The van der Waals surface area contributed by atoms with Crippen molar-refractivity contribution in [1.82, 2.24) is 0 Å². The maximum atomic E-state index is 10.7. The van der Waals surface area contributed by atoms with E-state index in [2.05, 4.69) is 6.92 Å². The van der Waals surface area contributed by atoms with Gasteiger partial charge in [0.2, 0.25) is 0 Å². The molecule has 0 aliphatic carbocycles. The number of benzene rings is 1. The molecule has 1 aromatic carbocycles. The molecule has 0 amide bonds. The molecule has 0 aromatic heterocycles. The van der Waals surface area contributed by atoms with Crippen molar-refractivity contribution in [2.24, 2.45) is 0 Å². The molecule has 1 radical (unpaired) electrons. The standard InChI is InChI=1S/C9H11OS/c1-2-7-11-9-5-3-8(10)4-6-9/h3-6H,2,7H2,1H3. The monoisotopic (exact) mass is 167 g/mol. The molecule has 0 unspecified atom stereocenters. The third-order valence-electron chi connectivity index (χ3n) is 1.30. The van der Waals surface area contributed by atoms with Crippen LogP contribution >= 0.6 is 11.8 Å². The molecule has 0 aliphatic heterocycles. The highest BCUT2D eigenvalue weighted by molar-refractivity contribution is 7.99. The Balaban J connectivity index is 2.52. The summed E-state index contributed by atoms with van der Waals surface area (Å²) >= 11 is 1.79. The van der Waals surface area contributed by atoms with Crippen molar-refractivity contribution >= 4 is 11.8 Å². The largest absolute Gasteiger partial charge is 0.290 e. The molecular weight excluding hydrogens is 156 g/mol. The van der Waals surface area contributed by atoms with Crippen molar-refractivity contribution in [2.45, 2.75) is 18.2 Å². The van der Waals surface area contributed by atoms with Gasteiger partial charge in [0, 0.05) is 4.90 Å². The minimum absolute atomic E-state index is 0.0887. The molecule has 59 valence electrons. The normalized spacial score (nSPS) is 9.91. The zero-order valence-corrected chi connectivity index (χ0v) is 7.36. The fourth-order valence-corrected chi connectivity index (χ4v) is 1.52. The Morgan fingerprint density at radius 1 is 1.27 bits per heavy atom. The summed E-state index contributed by atoms with van der Waals surface area (Å²) in [4.78, 5) is 1.19. The molecule has 0 saturated heterocycles. The average Bonchev–Trinajstić information content (AvgIpc) is 2.04. The summed E-state index contributed by atoms with van der Waals surface area (Å²) in [6.45, 7) is 2.15. The second-order valence-electron chi connectivity index (χ2n) is 2.32. The Morgan fingerprint density at radius 3 is 2.45 bits per heavy atom. The van der Waals surface area contributed by atoms with Crippen LogP contribution in [-0.2, 0) is 5.11 Å². The summed E-state index contributed by atoms with van der Waals surface area (Å²) < 4.78 is 0. The van der Waals surface area contributed by atoms with E-state index in [1.807, 2.05) is 12.1 Å². The lowest BCUT2D eigenvalue weighted by Gasteiger charge is -1.97. The van der Waals surface area contributed by atoms with E-state index in [1.54, 1.807) is 23.9 Å². The van der Waals surface area contributed by atoms with Gasteiger partial charge in [-0.15, -0.1) is 11.8 Å². The molecule has 0 spiro atoms. The molecule has 0 fully saturated rings. The van der Waals surface area contributed by atoms with Crippen molar-refractivity contribution < 1.29 is 5.11 Å². The van der Waals surface area contributed by atoms with Crippen molar-refractivity contribution in [2.75, 3.05) is 5.75 Å². The minimum Gasteiger partial charge on any atom is -0.290 e. The van der Waals surface area contributed by atoms with E-state index >= 15 is 0 Å². The molecule has 0 aliphatic rings. The van der Waals surface area contributed by atoms with Gasteiger partial charge >= 0.3 is 0 Å². The molecule has 2 heteroatoms. The van der Waals surface area contributed by atoms with E-state index in [1.165, 1.54) is 11.3 Å². The second-order valence-corrected chi connectivity index (χ2v) is 3.49. The van der Waals surface area contributed by atoms with Crippen LogP contribution < -0.4 is 0 Å². The van der Waals surface area contributed by atoms with Crippen LogP contribution in [0.25, 0.3) is 0 Å². The first-order valence-electron chi connectivity index (χ1n) is 3.73. The summed E-state index contributed by atoms with van der Waals surface area (Å²) in [7, 11) is 0. The van der Waals surface area contributed by atoms with Crippen molar-refractivity contribution in [3.63, 3.8) is 0 Å². The zero-order valence-electron chi connectivity index (χ0n) is 6.54. The first-order chi connectivity index (χ1) is 5.33. The van der Waals surface area contributed by atoms with Crippen LogP contribution in [0.3, 0.4) is 0 Å². The average molecular weight is 167 g/mol. The first kappa shape index (κ1) is 8.47. The number of hydrogen-bond donors (Lipinski definition) is 0. The minimum atomic E-state index is 0.0887. The van der Waals surface area contributed by atoms with Gasteiger partial charge in [-0.25, -0.2) is 0 Å². The fourth-order valence-electron chi connectivity index (χ4n) is 0.756. The van der Waals surface area contributed by atoms with Gasteiger partial charge < -0.3 is 0 Å². The zero-order chi connectivity index (χ0) is 8.10. The molecule has 1 rings (SSSR count). The van der Waals surface area contributed by atoms with E-state index < -0.39 is 0 Å². The van der Waals surface area contributed by atoms with E-state index in [9.17, 15) is 5.11 Å². The lowest BCUT2D eigenvalue weighted by Crippen LogP contribution is -1.74. The van der Waals surface area contributed by atoms with Crippen LogP contribution in [0.1, 0.15) is 13.3 Å². The van der Waals surface area contributed by atoms with Gasteiger partial charge in [-0.05, 0) is 36.4 Å². The smallest absolute Gasteiger partial charge is 0.178 e. The first-order valence-corrected chi connectivity index (χ1v) is 4.71. The van der Waals surface area contributed by atoms with Gasteiger partial charge in [-0.3, -0.25) is 5.11 Å². The third kappa shape index (κ3) is 2.85. The van der Waals surface area contributed by atoms with Crippen LogP contribution in [-0.4, -0.2) is 5.75 Å². The molecule has 0 bridgehead atoms. The summed E-state index contributed by atoms with van der Waals surface area (Å²) in [5, 5.41) is 10.7. The van der Waals surface area contributed by atoms with Crippen LogP contribution in [0.4, 0.5) is 0 Å². The van der Waals surface area contributed by atoms with E-state index in [-0.39, 0.29) is 5.75 Å². The summed E-state index contributed by atoms with van der Waals surface area (Å²) in [5.41, 5.74) is 0. The van der Waals surface area contributed by atoms with Crippen molar-refractivity contribution in [1.29, 1.82) is 0 Å². The van der Waals surface area contributed by atoms with Gasteiger partial charge in [-0.2, -0.15) is 0 Å². The molecule has 1 aromatic rings. The highest BCUT2D eigenvalue weighted by atomic mass is 32.2. The van der Waals surface area contributed by atoms with E-state index in [4.69, 9.17) is 0 Å². The Hall–Kier alpha value is -0.630. The van der Waals surface area contributed by atoms with Gasteiger partial charge in [0.25, 0.3) is 0 Å². The fraction of sp³-hybridized carbons (Fsp3) is 0.333. The van der Waals surface area contributed by atoms with Crippen LogP contribution in [0.2, 0.25) is 0 Å². The number of rotatable bonds is 3. The predicted octanol–water partition coefficient (Wildman–Crippen LogP) is 3.33. The lowest BCUT2D eigenvalue weighted by atomic mass is 10.3. The van der Waals surface area contributed by atoms with Gasteiger partial charge in [0.1, 0.15) is 0 Å². The summed E-state index contributed by atoms with van der Waals surface area (Å²) in [5.74, 6) is 1.21. The lowest BCUT2D eigenvalue weighted by molar-refractivity contribution is 0.354. The summed E-state index contributed by atoms with van der Waals surface area (Å²) in [6.07, 6.45) is 1.17. The highest BCUT2D eigenvalue weighted by Gasteiger charge is 1.92. The molecule has 0 heterocycles. The highest BCUT2D eigenvalue weighted by Crippen LogP contribution is 2.21. The maximum Gasteiger partial charge on any atom is 0.178 e. The molecular formula is C9H11OS. The van der Waals surface area contributed by atoms with Crippen molar-refractivity contribution in [3.05, 3.63) is 24.3 Å². The Kier molecular flexibility index (Phi) is 3.30. The predicted molar refractivity (Wildman–Crippen MR) is 47.6 cm³/mol. The van der Waals surface area contributed by atoms with Crippen LogP contribution in [0.15, 0.2) is 29.2 Å². The Morgan fingerprint density at radius 2 is 1.91 bits per heavy atom. The number of hydrogen-bond acceptors (Lipinski definition) is 1. The molecule has 0 atom stereocenters. The van der Waals surface area contributed by atoms with E-state index in [0.29, 0.717) is 0 Å². The quantitative estimate of drug-likeness (QED) is 0.632. The summed E-state index contributed by atoms with van der Waals surface area (Å²) in [6, 6.07) is 6.97. The molecule has 0 N–H and O–H groups in total. The topological polar surface area (TPSA) is 19.9 Å². The SMILES string of the molecule is CCCSc1ccc([O])cc1. The van der Waals surface area contributed by atoms with Crippen molar-refractivity contribution in [3.8, 4) is 5.75 Å². The Labute approximate surface area is 71.4 Å². The van der Waals surface area contributed by atoms with Gasteiger partial charge in [0.15, 0.2) is 5.75 Å². The second kappa shape index (κ2) is 4.29. The number of thioether (sulfide) groups is 1. The third-order valence-corrected chi connectivity index (χ3v) is 2.51. The van der Waals surface area contributed by atoms with Crippen LogP contribution in [0, 0.1) is 0 Å². The maximum absolute atomic E-state index is 10.7. The Bertz CT molecular complexity index is 205. The molecule has 1 nitrogen and oxygen atoms in total. The van der Waals surface area contributed by atoms with Crippen LogP contribution in [0.5, 0.6) is 5.75 Å². The van der Waals surface area contributed by atoms with Gasteiger partial charge in [-0.1, -0.05) is 6.92 Å². The van der Waals surface area contributed by atoms with E-state index in [0.717, 1.165) is 5.75 Å². The van der Waals surface area contributed by atoms with Gasteiger partial charge in [0.05, 0.1) is 0 Å².